The van der Waals surface area contributed by atoms with E-state index in [9.17, 15) is 14.7 Å². The molecule has 0 bridgehead atoms. The molecule has 5 rings (SSSR count). The summed E-state index contributed by atoms with van der Waals surface area (Å²) in [4.78, 5) is 26.0. The van der Waals surface area contributed by atoms with Gasteiger partial charge in [0.15, 0.2) is 0 Å². The van der Waals surface area contributed by atoms with Crippen molar-refractivity contribution in [3.8, 4) is 39.8 Å². The molecule has 1 heterocycles. The summed E-state index contributed by atoms with van der Waals surface area (Å²) in [5.74, 6) is -0.386. The average Bonchev–Trinajstić information content (AvgIpc) is 3.48. The van der Waals surface area contributed by atoms with Crippen LogP contribution in [0.4, 0.5) is 0 Å². The van der Waals surface area contributed by atoms with Crippen molar-refractivity contribution in [2.24, 2.45) is 0 Å². The van der Waals surface area contributed by atoms with Crippen molar-refractivity contribution in [3.63, 3.8) is 0 Å². The highest BCUT2D eigenvalue weighted by atomic mass is 16.5. The molecule has 3 aromatic carbocycles. The normalized spacial score (nSPS) is 14.3. The zero-order valence-electron chi connectivity index (χ0n) is 27.1. The van der Waals surface area contributed by atoms with Crippen LogP contribution in [0.1, 0.15) is 41.2 Å². The number of carboxylic acids is 2. The Hall–Kier alpha value is -4.97. The second kappa shape index (κ2) is 16.2. The van der Waals surface area contributed by atoms with E-state index in [4.69, 9.17) is 24.4 Å². The van der Waals surface area contributed by atoms with E-state index in [0.29, 0.717) is 31.5 Å². The first kappa shape index (κ1) is 34.4. The third kappa shape index (κ3) is 8.68. The summed E-state index contributed by atoms with van der Waals surface area (Å²) in [6.07, 6.45) is 0.305. The number of nitrogens with zero attached hydrogens (tertiary/aromatic N) is 1. The van der Waals surface area contributed by atoms with Crippen molar-refractivity contribution in [1.82, 2.24) is 15.6 Å². The Labute approximate surface area is 279 Å². The molecular formula is C37H41N3O8. The van der Waals surface area contributed by atoms with Crippen LogP contribution in [0.2, 0.25) is 0 Å². The molecule has 2 atom stereocenters. The molecule has 1 aromatic heterocycles. The molecule has 11 heteroatoms. The highest BCUT2D eigenvalue weighted by Crippen LogP contribution is 2.42. The molecule has 1 aliphatic rings. The Balaban J connectivity index is 1.25. The van der Waals surface area contributed by atoms with Gasteiger partial charge in [-0.05, 0) is 76.9 Å². The van der Waals surface area contributed by atoms with Crippen LogP contribution in [0.25, 0.3) is 22.3 Å². The van der Waals surface area contributed by atoms with Gasteiger partial charge in [0.2, 0.25) is 11.8 Å². The van der Waals surface area contributed by atoms with E-state index < -0.39 is 18.0 Å². The van der Waals surface area contributed by atoms with Crippen LogP contribution >= 0.6 is 0 Å². The molecule has 11 nitrogen and oxygen atoms in total. The van der Waals surface area contributed by atoms with Gasteiger partial charge in [-0.25, -0.2) is 0 Å². The second-order valence-electron chi connectivity index (χ2n) is 11.6. The summed E-state index contributed by atoms with van der Waals surface area (Å²) in [5, 5.41) is 33.1. The molecule has 0 saturated heterocycles. The molecule has 0 saturated carbocycles. The number of aliphatic carboxylic acids is 2. The summed E-state index contributed by atoms with van der Waals surface area (Å²) >= 11 is 0. The number of aliphatic hydroxyl groups is 1. The largest absolute Gasteiger partial charge is 0.492 e. The first-order chi connectivity index (χ1) is 23.2. The van der Waals surface area contributed by atoms with E-state index in [1.165, 1.54) is 29.4 Å². The van der Waals surface area contributed by atoms with E-state index in [1.54, 1.807) is 6.07 Å². The van der Waals surface area contributed by atoms with E-state index in [-0.39, 0.29) is 25.6 Å². The van der Waals surface area contributed by atoms with Gasteiger partial charge < -0.3 is 40.2 Å². The van der Waals surface area contributed by atoms with Gasteiger partial charge in [-0.3, -0.25) is 9.59 Å². The number of methoxy groups -OCH3 is 1. The molecule has 4 aromatic rings. The molecular weight excluding hydrogens is 614 g/mol. The van der Waals surface area contributed by atoms with Crippen molar-refractivity contribution < 1.29 is 39.1 Å². The Morgan fingerprint density at radius 3 is 2.44 bits per heavy atom. The van der Waals surface area contributed by atoms with Crippen molar-refractivity contribution in [1.29, 1.82) is 0 Å². The molecule has 0 radical (unpaired) electrons. The highest BCUT2D eigenvalue weighted by molar-refractivity contribution is 5.80. The maximum Gasteiger partial charge on any atom is 0.317 e. The second-order valence-corrected chi connectivity index (χ2v) is 11.6. The zero-order valence-corrected chi connectivity index (χ0v) is 27.1. The van der Waals surface area contributed by atoms with Crippen LogP contribution in [0.3, 0.4) is 0 Å². The van der Waals surface area contributed by atoms with Gasteiger partial charge in [-0.2, -0.15) is 4.98 Å². The van der Waals surface area contributed by atoms with Gasteiger partial charge in [0, 0.05) is 31.3 Å². The van der Waals surface area contributed by atoms with Gasteiger partial charge in [0.1, 0.15) is 18.5 Å². The van der Waals surface area contributed by atoms with Crippen LogP contribution < -0.4 is 24.8 Å². The van der Waals surface area contributed by atoms with Crippen molar-refractivity contribution in [3.05, 3.63) is 95.1 Å². The van der Waals surface area contributed by atoms with E-state index >= 15 is 0 Å². The topological polar surface area (TPSA) is 159 Å². The summed E-state index contributed by atoms with van der Waals surface area (Å²) in [6, 6.07) is 24.3. The number of hydrogen-bond acceptors (Lipinski definition) is 9. The molecule has 0 amide bonds. The Morgan fingerprint density at radius 1 is 0.938 bits per heavy atom. The van der Waals surface area contributed by atoms with Crippen LogP contribution in [-0.2, 0) is 22.6 Å². The molecule has 5 N–H and O–H groups in total. The van der Waals surface area contributed by atoms with Crippen molar-refractivity contribution in [2.75, 3.05) is 33.4 Å². The molecule has 0 aliphatic heterocycles. The lowest BCUT2D eigenvalue weighted by molar-refractivity contribution is -0.139. The lowest BCUT2D eigenvalue weighted by Crippen LogP contribution is -2.31. The van der Waals surface area contributed by atoms with Crippen molar-refractivity contribution in [2.45, 2.75) is 44.9 Å². The summed E-state index contributed by atoms with van der Waals surface area (Å²) in [6.45, 7) is 3.37. The minimum atomic E-state index is -1.03. The lowest BCUT2D eigenvalue weighted by Gasteiger charge is -2.18. The molecule has 252 valence electrons. The van der Waals surface area contributed by atoms with Crippen LogP contribution in [0.5, 0.6) is 17.5 Å². The van der Waals surface area contributed by atoms with E-state index in [0.717, 1.165) is 40.8 Å². The van der Waals surface area contributed by atoms with Gasteiger partial charge in [0.05, 0.1) is 26.2 Å². The van der Waals surface area contributed by atoms with Gasteiger partial charge >= 0.3 is 11.9 Å². The number of ether oxygens (including phenoxy) is 3. The third-order valence-electron chi connectivity index (χ3n) is 8.30. The van der Waals surface area contributed by atoms with E-state index in [1.807, 2.05) is 30.3 Å². The van der Waals surface area contributed by atoms with Crippen LogP contribution in [0, 0.1) is 6.92 Å². The first-order valence-corrected chi connectivity index (χ1v) is 15.9. The smallest absolute Gasteiger partial charge is 0.317 e. The first-order valence-electron chi connectivity index (χ1n) is 15.9. The quantitative estimate of drug-likeness (QED) is 0.0997. The number of benzene rings is 3. The molecule has 0 fully saturated rings. The lowest BCUT2D eigenvalue weighted by atomic mass is 9.89. The monoisotopic (exact) mass is 655 g/mol. The average molecular weight is 656 g/mol. The SMILES string of the molecule is COc1nc(O[C@H]2CCc3c(-c4cccc(-c5ccc(OCCNC[C@@H](O)CC(=O)O)cc5)c4C)cccc32)ccc1CNCC(=O)O. The number of carboxylic acid groups (broad SMARTS) is 2. The fourth-order valence-electron chi connectivity index (χ4n) is 6.02. The highest BCUT2D eigenvalue weighted by Gasteiger charge is 2.28. The number of fused-ring (bicyclic) bond motifs is 1. The van der Waals surface area contributed by atoms with Gasteiger partial charge in [-0.15, -0.1) is 0 Å². The predicted octanol–water partition coefficient (Wildman–Crippen LogP) is 4.78. The Morgan fingerprint density at radius 2 is 1.69 bits per heavy atom. The number of carbonyl (C=O) groups is 2. The number of nitrogens with one attached hydrogen (secondary N) is 2. The molecule has 1 aliphatic carbocycles. The number of hydrogen-bond donors (Lipinski definition) is 5. The minimum Gasteiger partial charge on any atom is -0.492 e. The van der Waals surface area contributed by atoms with Gasteiger partial charge in [-0.1, -0.05) is 48.5 Å². The van der Waals surface area contributed by atoms with Crippen molar-refractivity contribution >= 4 is 11.9 Å². The number of aliphatic hydroxyl groups excluding tert-OH is 1. The minimum absolute atomic E-state index is 0.154. The summed E-state index contributed by atoms with van der Waals surface area (Å²) < 4.78 is 17.7. The molecule has 0 unspecified atom stereocenters. The maximum absolute atomic E-state index is 10.8. The van der Waals surface area contributed by atoms with Crippen LogP contribution in [-0.4, -0.2) is 71.7 Å². The summed E-state index contributed by atoms with van der Waals surface area (Å²) in [7, 11) is 1.53. The fourth-order valence-corrected chi connectivity index (χ4v) is 6.02. The zero-order chi connectivity index (χ0) is 34.0. The Kier molecular flexibility index (Phi) is 11.6. The van der Waals surface area contributed by atoms with Crippen LogP contribution in [0.15, 0.2) is 72.8 Å². The maximum atomic E-state index is 10.8. The number of aromatic nitrogens is 1. The third-order valence-corrected chi connectivity index (χ3v) is 8.30. The van der Waals surface area contributed by atoms with Gasteiger partial charge in [0.25, 0.3) is 0 Å². The fraction of sp³-hybridized carbons (Fsp3) is 0.324. The summed E-state index contributed by atoms with van der Waals surface area (Å²) in [5.41, 5.74) is 8.88. The number of rotatable bonds is 17. The molecule has 0 spiro atoms. The number of pyridine rings is 1. The predicted molar refractivity (Wildman–Crippen MR) is 180 cm³/mol. The Bertz CT molecular complexity index is 1730. The standard InChI is InChI=1S/C37H41N3O8/c1-23-28(24-9-12-27(13-10-24)47-18-17-38-21-26(41)19-35(42)43)5-3-6-29(23)30-7-4-8-32-31(30)14-15-33(32)48-34-16-11-25(37(40-34)46-2)20-39-22-36(44)45/h3-13,16,26,33,38-39,41H,14-15,17-22H2,1-2H3,(H,42,43)(H,44,45)/t26-,33-/m0/s1. The van der Waals surface area contributed by atoms with E-state index in [2.05, 4.69) is 58.9 Å². The molecule has 48 heavy (non-hydrogen) atoms.